The van der Waals surface area contributed by atoms with Crippen molar-refractivity contribution in [3.05, 3.63) is 12.7 Å². The summed E-state index contributed by atoms with van der Waals surface area (Å²) >= 11 is 0. The maximum Gasteiger partial charge on any atom is 0.220 e. The first-order chi connectivity index (χ1) is 10.3. The third-order valence-electron chi connectivity index (χ3n) is 4.60. The summed E-state index contributed by atoms with van der Waals surface area (Å²) < 4.78 is 7.37. The molecule has 1 amide bonds. The van der Waals surface area contributed by atoms with Crippen molar-refractivity contribution < 1.29 is 9.53 Å². The highest BCUT2D eigenvalue weighted by Crippen LogP contribution is 2.27. The summed E-state index contributed by atoms with van der Waals surface area (Å²) in [6, 6.07) is 0.758. The van der Waals surface area contributed by atoms with Gasteiger partial charge in [0, 0.05) is 25.7 Å². The maximum atomic E-state index is 12.1. The molecular weight excluding hydrogens is 268 g/mol. The molecule has 0 spiro atoms. The van der Waals surface area contributed by atoms with Crippen LogP contribution in [0.2, 0.25) is 0 Å². The van der Waals surface area contributed by atoms with E-state index in [2.05, 4.69) is 15.4 Å². The summed E-state index contributed by atoms with van der Waals surface area (Å²) in [5.74, 6) is 0.597. The topological polar surface area (TPSA) is 69.0 Å². The summed E-state index contributed by atoms with van der Waals surface area (Å²) in [6.07, 6.45) is 10.3. The van der Waals surface area contributed by atoms with Crippen LogP contribution in [-0.4, -0.2) is 39.9 Å². The number of carbonyl (C=O) groups is 1. The van der Waals surface area contributed by atoms with E-state index in [4.69, 9.17) is 4.74 Å². The van der Waals surface area contributed by atoms with Gasteiger partial charge in [-0.15, -0.1) is 0 Å². The zero-order chi connectivity index (χ0) is 14.5. The van der Waals surface area contributed by atoms with E-state index >= 15 is 0 Å². The number of aromatic nitrogens is 3. The Bertz CT molecular complexity index is 435. The molecule has 2 aliphatic rings. The molecule has 1 atom stereocenters. The van der Waals surface area contributed by atoms with Crippen LogP contribution < -0.4 is 5.32 Å². The van der Waals surface area contributed by atoms with Gasteiger partial charge >= 0.3 is 0 Å². The molecule has 2 heterocycles. The molecule has 1 aliphatic heterocycles. The van der Waals surface area contributed by atoms with Gasteiger partial charge in [0.25, 0.3) is 0 Å². The number of ether oxygens (including phenoxy) is 1. The van der Waals surface area contributed by atoms with Crippen LogP contribution in [0.15, 0.2) is 12.7 Å². The SMILES string of the molecule is O=C(CC1CCCOC1)NC1CCC(n2cncn2)CC1. The normalized spacial score (nSPS) is 30.0. The van der Waals surface area contributed by atoms with Gasteiger partial charge in [0.1, 0.15) is 12.7 Å². The maximum absolute atomic E-state index is 12.1. The first kappa shape index (κ1) is 14.5. The lowest BCUT2D eigenvalue weighted by Gasteiger charge is -2.29. The van der Waals surface area contributed by atoms with E-state index in [9.17, 15) is 4.79 Å². The molecule has 1 saturated carbocycles. The molecular formula is C15H24N4O2. The second kappa shape index (κ2) is 7.02. The average Bonchev–Trinajstić information content (AvgIpc) is 3.03. The average molecular weight is 292 g/mol. The van der Waals surface area contributed by atoms with Gasteiger partial charge in [0.05, 0.1) is 6.04 Å². The Morgan fingerprint density at radius 1 is 1.29 bits per heavy atom. The van der Waals surface area contributed by atoms with Crippen molar-refractivity contribution in [2.45, 2.75) is 57.0 Å². The van der Waals surface area contributed by atoms with Gasteiger partial charge in [-0.1, -0.05) is 0 Å². The molecule has 2 fully saturated rings. The van der Waals surface area contributed by atoms with Gasteiger partial charge < -0.3 is 10.1 Å². The lowest BCUT2D eigenvalue weighted by Crippen LogP contribution is -2.39. The highest BCUT2D eigenvalue weighted by atomic mass is 16.5. The van der Waals surface area contributed by atoms with Crippen molar-refractivity contribution in [2.75, 3.05) is 13.2 Å². The van der Waals surface area contributed by atoms with Crippen LogP contribution in [0, 0.1) is 5.92 Å². The zero-order valence-corrected chi connectivity index (χ0v) is 12.4. The highest BCUT2D eigenvalue weighted by Gasteiger charge is 2.25. The first-order valence-electron chi connectivity index (χ1n) is 8.02. The Labute approximate surface area is 125 Å². The van der Waals surface area contributed by atoms with E-state index in [0.29, 0.717) is 24.4 Å². The largest absolute Gasteiger partial charge is 0.381 e. The Morgan fingerprint density at radius 2 is 2.14 bits per heavy atom. The van der Waals surface area contributed by atoms with E-state index in [1.807, 2.05) is 4.68 Å². The monoisotopic (exact) mass is 292 g/mol. The van der Waals surface area contributed by atoms with E-state index in [0.717, 1.165) is 51.7 Å². The quantitative estimate of drug-likeness (QED) is 0.917. The van der Waals surface area contributed by atoms with E-state index in [1.165, 1.54) is 0 Å². The number of carbonyl (C=O) groups excluding carboxylic acids is 1. The van der Waals surface area contributed by atoms with E-state index < -0.39 is 0 Å². The standard InChI is InChI=1S/C15H24N4O2/c20-15(8-12-2-1-7-21-9-12)18-13-3-5-14(6-4-13)19-11-16-10-17-19/h10-14H,1-9H2,(H,18,20). The van der Waals surface area contributed by atoms with Crippen molar-refractivity contribution in [3.63, 3.8) is 0 Å². The molecule has 1 unspecified atom stereocenters. The molecule has 1 aromatic rings. The van der Waals surface area contributed by atoms with Crippen LogP contribution in [0.4, 0.5) is 0 Å². The van der Waals surface area contributed by atoms with Crippen LogP contribution in [0.3, 0.4) is 0 Å². The van der Waals surface area contributed by atoms with E-state index in [1.54, 1.807) is 12.7 Å². The fourth-order valence-electron chi connectivity index (χ4n) is 3.41. The van der Waals surface area contributed by atoms with Gasteiger partial charge in [0.15, 0.2) is 0 Å². The second-order valence-electron chi connectivity index (χ2n) is 6.24. The van der Waals surface area contributed by atoms with Crippen molar-refractivity contribution >= 4 is 5.91 Å². The number of nitrogens with zero attached hydrogens (tertiary/aromatic N) is 3. The fraction of sp³-hybridized carbons (Fsp3) is 0.800. The summed E-state index contributed by atoms with van der Waals surface area (Å²) in [5, 5.41) is 7.40. The number of hydrogen-bond donors (Lipinski definition) is 1. The minimum atomic E-state index is 0.190. The molecule has 1 saturated heterocycles. The predicted octanol–water partition coefficient (Wildman–Crippen LogP) is 1.69. The number of hydrogen-bond acceptors (Lipinski definition) is 4. The van der Waals surface area contributed by atoms with Crippen LogP contribution in [0.1, 0.15) is 51.0 Å². The number of nitrogens with one attached hydrogen (secondary N) is 1. The smallest absolute Gasteiger partial charge is 0.220 e. The van der Waals surface area contributed by atoms with Crippen LogP contribution in [-0.2, 0) is 9.53 Å². The molecule has 0 radical (unpaired) electrons. The molecule has 1 N–H and O–H groups in total. The van der Waals surface area contributed by atoms with Crippen molar-refractivity contribution in [3.8, 4) is 0 Å². The summed E-state index contributed by atoms with van der Waals surface area (Å²) in [4.78, 5) is 16.1. The van der Waals surface area contributed by atoms with Crippen LogP contribution in [0.5, 0.6) is 0 Å². The van der Waals surface area contributed by atoms with Gasteiger partial charge in [0.2, 0.25) is 5.91 Å². The van der Waals surface area contributed by atoms with Crippen LogP contribution >= 0.6 is 0 Å². The Balaban J connectivity index is 1.39. The number of rotatable bonds is 4. The van der Waals surface area contributed by atoms with Gasteiger partial charge in [-0.25, -0.2) is 9.67 Å². The van der Waals surface area contributed by atoms with Gasteiger partial charge in [-0.05, 0) is 44.4 Å². The second-order valence-corrected chi connectivity index (χ2v) is 6.24. The Kier molecular flexibility index (Phi) is 4.85. The molecule has 3 rings (SSSR count). The van der Waals surface area contributed by atoms with Crippen molar-refractivity contribution in [2.24, 2.45) is 5.92 Å². The fourth-order valence-corrected chi connectivity index (χ4v) is 3.41. The molecule has 1 aromatic heterocycles. The van der Waals surface area contributed by atoms with E-state index in [-0.39, 0.29) is 5.91 Å². The summed E-state index contributed by atoms with van der Waals surface area (Å²) in [7, 11) is 0. The Hall–Kier alpha value is -1.43. The third kappa shape index (κ3) is 4.03. The number of amides is 1. The molecule has 6 nitrogen and oxygen atoms in total. The predicted molar refractivity (Wildman–Crippen MR) is 77.6 cm³/mol. The molecule has 0 bridgehead atoms. The molecule has 1 aliphatic carbocycles. The molecule has 6 heteroatoms. The molecule has 116 valence electrons. The minimum Gasteiger partial charge on any atom is -0.381 e. The third-order valence-corrected chi connectivity index (χ3v) is 4.60. The Morgan fingerprint density at radius 3 is 2.81 bits per heavy atom. The zero-order valence-electron chi connectivity index (χ0n) is 12.4. The first-order valence-corrected chi connectivity index (χ1v) is 8.02. The summed E-state index contributed by atoms with van der Waals surface area (Å²) in [5.41, 5.74) is 0. The van der Waals surface area contributed by atoms with Crippen molar-refractivity contribution in [1.82, 2.24) is 20.1 Å². The lowest BCUT2D eigenvalue weighted by atomic mass is 9.90. The van der Waals surface area contributed by atoms with Crippen molar-refractivity contribution in [1.29, 1.82) is 0 Å². The van der Waals surface area contributed by atoms with Gasteiger partial charge in [-0.3, -0.25) is 4.79 Å². The summed E-state index contributed by atoms with van der Waals surface area (Å²) in [6.45, 7) is 1.59. The van der Waals surface area contributed by atoms with Gasteiger partial charge in [-0.2, -0.15) is 5.10 Å². The van der Waals surface area contributed by atoms with Crippen LogP contribution in [0.25, 0.3) is 0 Å². The minimum absolute atomic E-state index is 0.190. The highest BCUT2D eigenvalue weighted by molar-refractivity contribution is 5.76. The molecule has 21 heavy (non-hydrogen) atoms. The lowest BCUT2D eigenvalue weighted by molar-refractivity contribution is -0.124. The molecule has 0 aromatic carbocycles.